The molecule has 0 saturated heterocycles. The number of rotatable bonds is 6. The highest BCUT2D eigenvalue weighted by Crippen LogP contribution is 2.25. The Kier molecular flexibility index (Phi) is 6.22. The summed E-state index contributed by atoms with van der Waals surface area (Å²) in [5.41, 5.74) is 1.04. The molecular formula is C13H18BrClO. The van der Waals surface area contributed by atoms with Crippen molar-refractivity contribution < 1.29 is 4.74 Å². The maximum atomic E-state index is 5.88. The Bertz CT molecular complexity index is 328. The van der Waals surface area contributed by atoms with Crippen LogP contribution in [0, 0.1) is 5.92 Å². The average molecular weight is 306 g/mol. The van der Waals surface area contributed by atoms with Gasteiger partial charge in [0.1, 0.15) is 5.75 Å². The first-order chi connectivity index (χ1) is 7.67. The summed E-state index contributed by atoms with van der Waals surface area (Å²) >= 11 is 9.31. The Labute approximate surface area is 111 Å². The maximum absolute atomic E-state index is 5.88. The van der Waals surface area contributed by atoms with Crippen LogP contribution in [0.2, 0.25) is 0 Å². The summed E-state index contributed by atoms with van der Waals surface area (Å²) in [4.78, 5) is 0. The van der Waals surface area contributed by atoms with E-state index in [2.05, 4.69) is 29.8 Å². The van der Waals surface area contributed by atoms with E-state index in [1.165, 1.54) is 12.8 Å². The minimum absolute atomic E-state index is 0.483. The topological polar surface area (TPSA) is 9.23 Å². The van der Waals surface area contributed by atoms with Crippen LogP contribution in [0.4, 0.5) is 0 Å². The van der Waals surface area contributed by atoms with Crippen LogP contribution in [0.3, 0.4) is 0 Å². The fraction of sp³-hybridized carbons (Fsp3) is 0.538. The molecule has 3 heteroatoms. The number of benzene rings is 1. The smallest absolute Gasteiger partial charge is 0.123 e. The van der Waals surface area contributed by atoms with E-state index in [0.29, 0.717) is 11.8 Å². The largest absolute Gasteiger partial charge is 0.493 e. The van der Waals surface area contributed by atoms with Crippen LogP contribution < -0.4 is 4.74 Å². The van der Waals surface area contributed by atoms with E-state index in [1.54, 1.807) is 0 Å². The Morgan fingerprint density at radius 3 is 2.81 bits per heavy atom. The number of ether oxygens (including phenoxy) is 1. The monoisotopic (exact) mass is 304 g/mol. The molecule has 0 N–H and O–H groups in total. The first kappa shape index (κ1) is 13.9. The Hall–Kier alpha value is -0.210. The summed E-state index contributed by atoms with van der Waals surface area (Å²) < 4.78 is 6.83. The lowest BCUT2D eigenvalue weighted by Crippen LogP contribution is -2.09. The third-order valence-electron chi connectivity index (χ3n) is 2.47. The molecule has 0 fully saturated rings. The quantitative estimate of drug-likeness (QED) is 0.672. The van der Waals surface area contributed by atoms with E-state index in [-0.39, 0.29) is 0 Å². The van der Waals surface area contributed by atoms with Crippen molar-refractivity contribution in [2.75, 3.05) is 6.61 Å². The van der Waals surface area contributed by atoms with Crippen molar-refractivity contribution in [3.63, 3.8) is 0 Å². The van der Waals surface area contributed by atoms with Gasteiger partial charge in [0.2, 0.25) is 0 Å². The lowest BCUT2D eigenvalue weighted by Gasteiger charge is -2.14. The van der Waals surface area contributed by atoms with Crippen LogP contribution in [0.1, 0.15) is 32.3 Å². The number of hydrogen-bond donors (Lipinski definition) is 0. The van der Waals surface area contributed by atoms with Crippen LogP contribution in [-0.2, 0) is 5.88 Å². The summed E-state index contributed by atoms with van der Waals surface area (Å²) in [6, 6.07) is 5.96. The van der Waals surface area contributed by atoms with Gasteiger partial charge in [-0.05, 0) is 30.5 Å². The van der Waals surface area contributed by atoms with E-state index >= 15 is 0 Å². The normalized spacial score (nSPS) is 12.5. The number of alkyl halides is 1. The van der Waals surface area contributed by atoms with Crippen molar-refractivity contribution in [3.05, 3.63) is 28.2 Å². The molecule has 0 aromatic heterocycles. The molecule has 1 unspecified atom stereocenters. The fourth-order valence-electron chi connectivity index (χ4n) is 1.60. The maximum Gasteiger partial charge on any atom is 0.123 e. The summed E-state index contributed by atoms with van der Waals surface area (Å²) in [6.45, 7) is 5.17. The van der Waals surface area contributed by atoms with Gasteiger partial charge in [0.15, 0.2) is 0 Å². The summed E-state index contributed by atoms with van der Waals surface area (Å²) in [5, 5.41) is 0. The molecule has 0 amide bonds. The Morgan fingerprint density at radius 1 is 1.44 bits per heavy atom. The van der Waals surface area contributed by atoms with Crippen molar-refractivity contribution in [2.45, 2.75) is 32.6 Å². The number of halogens is 2. The molecule has 0 saturated carbocycles. The second-order valence-corrected chi connectivity index (χ2v) is 5.27. The molecule has 1 aromatic carbocycles. The van der Waals surface area contributed by atoms with Crippen LogP contribution in [0.5, 0.6) is 5.75 Å². The molecule has 16 heavy (non-hydrogen) atoms. The molecule has 1 atom stereocenters. The average Bonchev–Trinajstić information content (AvgIpc) is 2.27. The van der Waals surface area contributed by atoms with E-state index in [9.17, 15) is 0 Å². The Morgan fingerprint density at radius 2 is 2.19 bits per heavy atom. The van der Waals surface area contributed by atoms with Crippen LogP contribution in [0.25, 0.3) is 0 Å². The van der Waals surface area contributed by atoms with Crippen molar-refractivity contribution >= 4 is 27.5 Å². The van der Waals surface area contributed by atoms with Crippen molar-refractivity contribution in [3.8, 4) is 5.75 Å². The summed E-state index contributed by atoms with van der Waals surface area (Å²) in [5.74, 6) is 1.98. The van der Waals surface area contributed by atoms with Crippen LogP contribution in [0.15, 0.2) is 22.7 Å². The molecule has 0 aliphatic rings. The van der Waals surface area contributed by atoms with Gasteiger partial charge >= 0.3 is 0 Å². The first-order valence-electron chi connectivity index (χ1n) is 5.64. The highest BCUT2D eigenvalue weighted by molar-refractivity contribution is 9.10. The first-order valence-corrected chi connectivity index (χ1v) is 6.97. The highest BCUT2D eigenvalue weighted by Gasteiger charge is 2.06. The van der Waals surface area contributed by atoms with Crippen molar-refractivity contribution in [2.24, 2.45) is 5.92 Å². The third-order valence-corrected chi connectivity index (χ3v) is 3.25. The zero-order valence-electron chi connectivity index (χ0n) is 9.80. The minimum Gasteiger partial charge on any atom is -0.493 e. The molecule has 0 bridgehead atoms. The Balaban J connectivity index is 2.59. The highest BCUT2D eigenvalue weighted by atomic mass is 79.9. The predicted octanol–water partition coefficient (Wildman–Crippen LogP) is 5.00. The molecule has 90 valence electrons. The second kappa shape index (κ2) is 7.18. The lowest BCUT2D eigenvalue weighted by atomic mass is 10.1. The molecule has 0 spiro atoms. The van der Waals surface area contributed by atoms with Gasteiger partial charge < -0.3 is 4.74 Å². The zero-order chi connectivity index (χ0) is 12.0. The predicted molar refractivity (Wildman–Crippen MR) is 73.3 cm³/mol. The standard InChI is InChI=1S/C13H18BrClO/c1-3-4-10(2)9-16-13-6-5-12(14)7-11(13)8-15/h5-7,10H,3-4,8-9H2,1-2H3. The van der Waals surface area contributed by atoms with Crippen molar-refractivity contribution in [1.29, 1.82) is 0 Å². The van der Waals surface area contributed by atoms with Gasteiger partial charge in [-0.1, -0.05) is 36.2 Å². The lowest BCUT2D eigenvalue weighted by molar-refractivity contribution is 0.250. The van der Waals surface area contributed by atoms with Crippen LogP contribution >= 0.6 is 27.5 Å². The van der Waals surface area contributed by atoms with Gasteiger partial charge in [0.05, 0.1) is 12.5 Å². The van der Waals surface area contributed by atoms with E-state index in [0.717, 1.165) is 22.4 Å². The van der Waals surface area contributed by atoms with E-state index in [4.69, 9.17) is 16.3 Å². The second-order valence-electron chi connectivity index (χ2n) is 4.09. The molecule has 1 aromatic rings. The van der Waals surface area contributed by atoms with Crippen LogP contribution in [-0.4, -0.2) is 6.61 Å². The SMILES string of the molecule is CCCC(C)COc1ccc(Br)cc1CCl. The van der Waals surface area contributed by atoms with Gasteiger partial charge in [-0.25, -0.2) is 0 Å². The molecule has 0 aliphatic carbocycles. The molecule has 1 nitrogen and oxygen atoms in total. The summed E-state index contributed by atoms with van der Waals surface area (Å²) in [6.07, 6.45) is 2.40. The molecule has 0 heterocycles. The van der Waals surface area contributed by atoms with E-state index < -0.39 is 0 Å². The zero-order valence-corrected chi connectivity index (χ0v) is 12.1. The molecule has 0 radical (unpaired) electrons. The third kappa shape index (κ3) is 4.34. The molecule has 1 rings (SSSR count). The van der Waals surface area contributed by atoms with Gasteiger partial charge in [0, 0.05) is 10.0 Å². The van der Waals surface area contributed by atoms with E-state index in [1.807, 2.05) is 18.2 Å². The summed E-state index contributed by atoms with van der Waals surface area (Å²) in [7, 11) is 0. The van der Waals surface area contributed by atoms with Gasteiger partial charge in [0.25, 0.3) is 0 Å². The van der Waals surface area contributed by atoms with Gasteiger partial charge in [-0.15, -0.1) is 11.6 Å². The van der Waals surface area contributed by atoms with Gasteiger partial charge in [-0.2, -0.15) is 0 Å². The minimum atomic E-state index is 0.483. The fourth-order valence-corrected chi connectivity index (χ4v) is 2.22. The number of hydrogen-bond acceptors (Lipinski definition) is 1. The molecule has 0 aliphatic heterocycles. The van der Waals surface area contributed by atoms with Gasteiger partial charge in [-0.3, -0.25) is 0 Å². The molecular weight excluding hydrogens is 287 g/mol. The van der Waals surface area contributed by atoms with Crippen molar-refractivity contribution in [1.82, 2.24) is 0 Å².